The molecule has 3 aromatic rings. The highest BCUT2D eigenvalue weighted by atomic mass is 35.5. The summed E-state index contributed by atoms with van der Waals surface area (Å²) in [6, 6.07) is 15.8. The van der Waals surface area contributed by atoms with Crippen molar-refractivity contribution in [3.63, 3.8) is 0 Å². The van der Waals surface area contributed by atoms with Gasteiger partial charge in [0.2, 0.25) is 0 Å². The van der Waals surface area contributed by atoms with Gasteiger partial charge in [-0.05, 0) is 48.4 Å². The van der Waals surface area contributed by atoms with Gasteiger partial charge in [-0.2, -0.15) is 0 Å². The fourth-order valence-electron chi connectivity index (χ4n) is 3.16. The molecule has 0 fully saturated rings. The van der Waals surface area contributed by atoms with E-state index < -0.39 is 5.97 Å². The van der Waals surface area contributed by atoms with E-state index in [-0.39, 0.29) is 23.9 Å². The lowest BCUT2D eigenvalue weighted by Gasteiger charge is -2.14. The maximum absolute atomic E-state index is 12.6. The fraction of sp³-hybridized carbons (Fsp3) is 0.208. The number of aromatic carboxylic acids is 1. The first-order valence-electron chi connectivity index (χ1n) is 9.80. The molecule has 1 amide bonds. The second kappa shape index (κ2) is 11.1. The lowest BCUT2D eigenvalue weighted by molar-refractivity contribution is 0.0697. The van der Waals surface area contributed by atoms with E-state index in [0.717, 1.165) is 18.4 Å². The second-order valence-corrected chi connectivity index (χ2v) is 6.81. The standard InChI is InChI=1S/C24H24N2O4.ClH/c1-3-4-13-25-23(27)17-14-21(19-7-5-6-8-20(19)24(28)29)22(26-15-17)16-9-11-18(30-2)12-10-16;/h5-12,14-15H,3-4,13H2,1-2H3,(H,25,27)(H,28,29);1H. The van der Waals surface area contributed by atoms with Crippen LogP contribution < -0.4 is 10.1 Å². The first-order chi connectivity index (χ1) is 14.5. The Morgan fingerprint density at radius 1 is 1.06 bits per heavy atom. The molecular formula is C24H25ClN2O4. The average Bonchev–Trinajstić information content (AvgIpc) is 2.79. The van der Waals surface area contributed by atoms with Crippen LogP contribution in [0.4, 0.5) is 0 Å². The molecule has 0 radical (unpaired) electrons. The van der Waals surface area contributed by atoms with Crippen molar-refractivity contribution in [3.8, 4) is 28.1 Å². The molecule has 3 rings (SSSR count). The topological polar surface area (TPSA) is 88.5 Å². The van der Waals surface area contributed by atoms with E-state index in [4.69, 9.17) is 4.74 Å². The van der Waals surface area contributed by atoms with Gasteiger partial charge in [-0.3, -0.25) is 9.78 Å². The molecule has 0 saturated heterocycles. The van der Waals surface area contributed by atoms with Gasteiger partial charge in [0.05, 0.1) is 23.9 Å². The van der Waals surface area contributed by atoms with Crippen molar-refractivity contribution in [2.75, 3.05) is 13.7 Å². The van der Waals surface area contributed by atoms with E-state index in [0.29, 0.717) is 34.7 Å². The second-order valence-electron chi connectivity index (χ2n) is 6.81. The number of benzene rings is 2. The molecule has 0 aliphatic heterocycles. The minimum absolute atomic E-state index is 0. The van der Waals surface area contributed by atoms with Crippen LogP contribution in [-0.2, 0) is 0 Å². The van der Waals surface area contributed by atoms with E-state index in [1.165, 1.54) is 6.20 Å². The third-order valence-electron chi connectivity index (χ3n) is 4.78. The number of hydrogen-bond acceptors (Lipinski definition) is 4. The average molecular weight is 441 g/mol. The Balaban J connectivity index is 0.00000341. The van der Waals surface area contributed by atoms with Crippen LogP contribution in [0.25, 0.3) is 22.4 Å². The van der Waals surface area contributed by atoms with Gasteiger partial charge in [0.15, 0.2) is 0 Å². The third kappa shape index (κ3) is 5.61. The lowest BCUT2D eigenvalue weighted by Crippen LogP contribution is -2.24. The van der Waals surface area contributed by atoms with Gasteiger partial charge >= 0.3 is 5.97 Å². The molecule has 7 heteroatoms. The van der Waals surface area contributed by atoms with E-state index >= 15 is 0 Å². The number of carboxylic acids is 1. The van der Waals surface area contributed by atoms with Crippen LogP contribution in [-0.4, -0.2) is 35.6 Å². The summed E-state index contributed by atoms with van der Waals surface area (Å²) in [5.74, 6) is -0.562. The van der Waals surface area contributed by atoms with Gasteiger partial charge in [-0.1, -0.05) is 31.5 Å². The molecule has 0 spiro atoms. The molecule has 0 saturated carbocycles. The summed E-state index contributed by atoms with van der Waals surface area (Å²) in [5.41, 5.74) is 3.02. The monoisotopic (exact) mass is 440 g/mol. The van der Waals surface area contributed by atoms with Crippen molar-refractivity contribution in [3.05, 3.63) is 71.9 Å². The van der Waals surface area contributed by atoms with Gasteiger partial charge in [-0.25, -0.2) is 4.79 Å². The Morgan fingerprint density at radius 3 is 2.42 bits per heavy atom. The molecule has 2 aromatic carbocycles. The van der Waals surface area contributed by atoms with E-state index in [9.17, 15) is 14.7 Å². The number of hydrogen-bond donors (Lipinski definition) is 2. The number of methoxy groups -OCH3 is 1. The molecule has 0 aliphatic rings. The summed E-state index contributed by atoms with van der Waals surface area (Å²) < 4.78 is 5.22. The van der Waals surface area contributed by atoms with E-state index in [1.807, 2.05) is 24.3 Å². The maximum atomic E-state index is 12.6. The van der Waals surface area contributed by atoms with Crippen LogP contribution in [0, 0.1) is 0 Å². The molecule has 0 atom stereocenters. The Hall–Kier alpha value is -3.38. The Kier molecular flexibility index (Phi) is 8.58. The van der Waals surface area contributed by atoms with Crippen molar-refractivity contribution in [2.45, 2.75) is 19.8 Å². The normalized spacial score (nSPS) is 10.1. The summed E-state index contributed by atoms with van der Waals surface area (Å²) in [6.07, 6.45) is 3.39. The van der Waals surface area contributed by atoms with Gasteiger partial charge < -0.3 is 15.2 Å². The Bertz CT molecular complexity index is 1050. The summed E-state index contributed by atoms with van der Waals surface area (Å²) in [6.45, 7) is 2.63. The van der Waals surface area contributed by atoms with Gasteiger partial charge in [0.25, 0.3) is 5.91 Å². The zero-order chi connectivity index (χ0) is 21.5. The molecule has 31 heavy (non-hydrogen) atoms. The zero-order valence-electron chi connectivity index (χ0n) is 17.4. The number of amides is 1. The smallest absolute Gasteiger partial charge is 0.336 e. The van der Waals surface area contributed by atoms with Crippen LogP contribution >= 0.6 is 12.4 Å². The molecule has 1 heterocycles. The number of carbonyl (C=O) groups excluding carboxylic acids is 1. The summed E-state index contributed by atoms with van der Waals surface area (Å²) >= 11 is 0. The summed E-state index contributed by atoms with van der Waals surface area (Å²) in [7, 11) is 1.59. The molecule has 0 unspecified atom stereocenters. The third-order valence-corrected chi connectivity index (χ3v) is 4.78. The highest BCUT2D eigenvalue weighted by Gasteiger charge is 2.18. The number of aromatic nitrogens is 1. The van der Waals surface area contributed by atoms with Crippen molar-refractivity contribution in [1.82, 2.24) is 10.3 Å². The fourth-order valence-corrected chi connectivity index (χ4v) is 3.16. The van der Waals surface area contributed by atoms with Gasteiger partial charge in [-0.15, -0.1) is 12.4 Å². The number of carboxylic acid groups (broad SMARTS) is 1. The van der Waals surface area contributed by atoms with Crippen LogP contribution in [0.2, 0.25) is 0 Å². The van der Waals surface area contributed by atoms with Crippen LogP contribution in [0.3, 0.4) is 0 Å². The lowest BCUT2D eigenvalue weighted by atomic mass is 9.94. The van der Waals surface area contributed by atoms with Crippen molar-refractivity contribution >= 4 is 24.3 Å². The number of unbranched alkanes of at least 4 members (excludes halogenated alkanes) is 1. The molecule has 0 bridgehead atoms. The maximum Gasteiger partial charge on any atom is 0.336 e. The van der Waals surface area contributed by atoms with Crippen LogP contribution in [0.15, 0.2) is 60.8 Å². The SMILES string of the molecule is CCCCNC(=O)c1cnc(-c2ccc(OC)cc2)c(-c2ccccc2C(=O)O)c1.Cl. The highest BCUT2D eigenvalue weighted by Crippen LogP contribution is 2.34. The number of carbonyl (C=O) groups is 2. The minimum Gasteiger partial charge on any atom is -0.497 e. The summed E-state index contributed by atoms with van der Waals surface area (Å²) in [4.78, 5) is 28.9. The van der Waals surface area contributed by atoms with Crippen molar-refractivity contribution < 1.29 is 19.4 Å². The predicted molar refractivity (Wildman–Crippen MR) is 123 cm³/mol. The largest absolute Gasteiger partial charge is 0.497 e. The van der Waals surface area contributed by atoms with Crippen molar-refractivity contribution in [2.24, 2.45) is 0 Å². The number of nitrogens with zero attached hydrogens (tertiary/aromatic N) is 1. The van der Waals surface area contributed by atoms with Crippen molar-refractivity contribution in [1.29, 1.82) is 0 Å². The highest BCUT2D eigenvalue weighted by molar-refractivity contribution is 6.01. The first kappa shape index (κ1) is 23.9. The van der Waals surface area contributed by atoms with E-state index in [2.05, 4.69) is 17.2 Å². The number of halogens is 1. The molecule has 0 aliphatic carbocycles. The number of pyridine rings is 1. The van der Waals surface area contributed by atoms with Crippen LogP contribution in [0.1, 0.15) is 40.5 Å². The van der Waals surface area contributed by atoms with Gasteiger partial charge in [0, 0.05) is 23.9 Å². The Labute approximate surface area is 187 Å². The number of rotatable bonds is 8. The Morgan fingerprint density at radius 2 is 1.77 bits per heavy atom. The first-order valence-corrected chi connectivity index (χ1v) is 9.80. The zero-order valence-corrected chi connectivity index (χ0v) is 18.2. The molecular weight excluding hydrogens is 416 g/mol. The number of nitrogens with one attached hydrogen (secondary N) is 1. The minimum atomic E-state index is -1.04. The van der Waals surface area contributed by atoms with Gasteiger partial charge in [0.1, 0.15) is 5.75 Å². The quantitative estimate of drug-likeness (QED) is 0.477. The van der Waals surface area contributed by atoms with E-state index in [1.54, 1.807) is 37.4 Å². The molecule has 2 N–H and O–H groups in total. The molecule has 6 nitrogen and oxygen atoms in total. The molecule has 162 valence electrons. The predicted octanol–water partition coefficient (Wildman–Crippen LogP) is 5.07. The van der Waals surface area contributed by atoms with Crippen LogP contribution in [0.5, 0.6) is 5.75 Å². The summed E-state index contributed by atoms with van der Waals surface area (Å²) in [5, 5.41) is 12.5. The molecule has 1 aromatic heterocycles. The number of ether oxygens (including phenoxy) is 1.